The van der Waals surface area contributed by atoms with Crippen LogP contribution in [0.5, 0.6) is 0 Å². The van der Waals surface area contributed by atoms with Crippen LogP contribution in [0.2, 0.25) is 0 Å². The monoisotopic (exact) mass is 312 g/mol. The van der Waals surface area contributed by atoms with Crippen LogP contribution in [-0.2, 0) is 6.42 Å². The predicted octanol–water partition coefficient (Wildman–Crippen LogP) is 7.13. The molecule has 0 heterocycles. The van der Waals surface area contributed by atoms with E-state index in [2.05, 4.69) is 38.1 Å². The maximum absolute atomic E-state index is 2.42. The summed E-state index contributed by atoms with van der Waals surface area (Å²) in [6, 6.07) is 9.54. The van der Waals surface area contributed by atoms with Crippen molar-refractivity contribution in [2.75, 3.05) is 0 Å². The molecule has 2 aliphatic rings. The van der Waals surface area contributed by atoms with Crippen molar-refractivity contribution in [3.63, 3.8) is 0 Å². The first-order valence-corrected chi connectivity index (χ1v) is 10.4. The molecule has 0 aromatic heterocycles. The molecular weight excluding hydrogens is 276 g/mol. The highest BCUT2D eigenvalue weighted by Gasteiger charge is 2.35. The molecule has 128 valence electrons. The van der Waals surface area contributed by atoms with Crippen molar-refractivity contribution in [3.05, 3.63) is 35.4 Å². The average molecular weight is 313 g/mol. The Bertz CT molecular complexity index is 457. The Morgan fingerprint density at radius 2 is 1.57 bits per heavy atom. The SMILES string of the molecule is CCCCC[C@H]1CC[C@@H]2C[C@H](c3ccc(CC)cc3)CC[C@H]2C1. The minimum atomic E-state index is 0.846. The van der Waals surface area contributed by atoms with Gasteiger partial charge in [0.25, 0.3) is 0 Å². The Balaban J connectivity index is 1.52. The van der Waals surface area contributed by atoms with Gasteiger partial charge < -0.3 is 0 Å². The van der Waals surface area contributed by atoms with Gasteiger partial charge in [0.05, 0.1) is 0 Å². The van der Waals surface area contributed by atoms with E-state index in [0.717, 1.165) is 30.1 Å². The van der Waals surface area contributed by atoms with Gasteiger partial charge in [-0.05, 0) is 73.3 Å². The summed E-state index contributed by atoms with van der Waals surface area (Å²) >= 11 is 0. The molecule has 0 aliphatic heterocycles. The van der Waals surface area contributed by atoms with E-state index in [1.165, 1.54) is 63.4 Å². The summed E-state index contributed by atoms with van der Waals surface area (Å²) in [5.41, 5.74) is 3.10. The van der Waals surface area contributed by atoms with E-state index in [0.29, 0.717) is 0 Å². The Kier molecular flexibility index (Phi) is 6.20. The lowest BCUT2D eigenvalue weighted by atomic mass is 9.63. The van der Waals surface area contributed by atoms with Gasteiger partial charge in [-0.15, -0.1) is 0 Å². The second-order valence-corrected chi connectivity index (χ2v) is 8.30. The molecular formula is C23H36. The number of fused-ring (bicyclic) bond motifs is 1. The molecule has 23 heavy (non-hydrogen) atoms. The molecule has 0 bridgehead atoms. The third-order valence-corrected chi connectivity index (χ3v) is 6.80. The zero-order valence-corrected chi connectivity index (χ0v) is 15.4. The van der Waals surface area contributed by atoms with Gasteiger partial charge >= 0.3 is 0 Å². The van der Waals surface area contributed by atoms with Gasteiger partial charge in [0.1, 0.15) is 0 Å². The number of rotatable bonds is 6. The lowest BCUT2D eigenvalue weighted by Gasteiger charge is -2.42. The van der Waals surface area contributed by atoms with Gasteiger partial charge in [-0.3, -0.25) is 0 Å². The van der Waals surface area contributed by atoms with Crippen LogP contribution in [0.4, 0.5) is 0 Å². The fourth-order valence-electron chi connectivity index (χ4n) is 5.26. The summed E-state index contributed by atoms with van der Waals surface area (Å²) in [5.74, 6) is 3.99. The van der Waals surface area contributed by atoms with E-state index in [4.69, 9.17) is 0 Å². The van der Waals surface area contributed by atoms with Gasteiger partial charge in [-0.1, -0.05) is 70.2 Å². The molecule has 4 atom stereocenters. The molecule has 0 heteroatoms. The molecule has 0 N–H and O–H groups in total. The fourth-order valence-corrected chi connectivity index (χ4v) is 5.26. The van der Waals surface area contributed by atoms with Crippen LogP contribution < -0.4 is 0 Å². The maximum Gasteiger partial charge on any atom is -0.0159 e. The zero-order chi connectivity index (χ0) is 16.1. The van der Waals surface area contributed by atoms with Gasteiger partial charge in [0.2, 0.25) is 0 Å². The topological polar surface area (TPSA) is 0 Å². The Labute approximate surface area is 144 Å². The summed E-state index contributed by atoms with van der Waals surface area (Å²) in [7, 11) is 0. The standard InChI is InChI=1S/C23H36/c1-3-5-6-7-19-10-13-23-17-22(15-14-21(23)16-19)20-11-8-18(4-2)9-12-20/h8-9,11-12,19,21-23H,3-7,10,13-17H2,1-2H3/t19-,21-,22+,23+/m0/s1. The van der Waals surface area contributed by atoms with E-state index in [1.54, 1.807) is 12.0 Å². The molecule has 0 nitrogen and oxygen atoms in total. The zero-order valence-electron chi connectivity index (χ0n) is 15.4. The molecule has 0 saturated heterocycles. The molecule has 2 saturated carbocycles. The van der Waals surface area contributed by atoms with Crippen molar-refractivity contribution < 1.29 is 0 Å². The minimum absolute atomic E-state index is 0.846. The maximum atomic E-state index is 2.42. The van der Waals surface area contributed by atoms with Crippen molar-refractivity contribution >= 4 is 0 Å². The van der Waals surface area contributed by atoms with Crippen LogP contribution in [0, 0.1) is 17.8 Å². The second kappa shape index (κ2) is 8.36. The number of aryl methyl sites for hydroxylation is 1. The van der Waals surface area contributed by atoms with E-state index in [-0.39, 0.29) is 0 Å². The summed E-state index contributed by atoms with van der Waals surface area (Å²) in [6.07, 6.45) is 16.0. The molecule has 1 aromatic carbocycles. The van der Waals surface area contributed by atoms with Crippen LogP contribution in [0.15, 0.2) is 24.3 Å². The van der Waals surface area contributed by atoms with Crippen molar-refractivity contribution in [1.82, 2.24) is 0 Å². The molecule has 2 fully saturated rings. The van der Waals surface area contributed by atoms with Crippen LogP contribution in [0.25, 0.3) is 0 Å². The van der Waals surface area contributed by atoms with Crippen LogP contribution in [0.3, 0.4) is 0 Å². The van der Waals surface area contributed by atoms with E-state index >= 15 is 0 Å². The highest BCUT2D eigenvalue weighted by molar-refractivity contribution is 5.26. The quantitative estimate of drug-likeness (QED) is 0.490. The summed E-state index contributed by atoms with van der Waals surface area (Å²) < 4.78 is 0. The normalized spacial score (nSPS) is 30.9. The highest BCUT2D eigenvalue weighted by atomic mass is 14.4. The highest BCUT2D eigenvalue weighted by Crippen LogP contribution is 2.48. The number of unbranched alkanes of at least 4 members (excludes halogenated alkanes) is 2. The lowest BCUT2D eigenvalue weighted by molar-refractivity contribution is 0.113. The molecule has 0 amide bonds. The average Bonchev–Trinajstić information content (AvgIpc) is 2.61. The third kappa shape index (κ3) is 4.40. The smallest absolute Gasteiger partial charge is 0.0159 e. The summed E-state index contributed by atoms with van der Waals surface area (Å²) in [5, 5.41) is 0. The Hall–Kier alpha value is -0.780. The molecule has 0 unspecified atom stereocenters. The summed E-state index contributed by atoms with van der Waals surface area (Å²) in [4.78, 5) is 0. The third-order valence-electron chi connectivity index (χ3n) is 6.80. The molecule has 1 aromatic rings. The van der Waals surface area contributed by atoms with Gasteiger partial charge in [-0.2, -0.15) is 0 Å². The van der Waals surface area contributed by atoms with Gasteiger partial charge in [0, 0.05) is 0 Å². The van der Waals surface area contributed by atoms with Crippen LogP contribution in [-0.4, -0.2) is 0 Å². The van der Waals surface area contributed by atoms with Crippen molar-refractivity contribution in [1.29, 1.82) is 0 Å². The largest absolute Gasteiger partial charge is 0.0654 e. The Morgan fingerprint density at radius 3 is 2.30 bits per heavy atom. The van der Waals surface area contributed by atoms with Crippen molar-refractivity contribution in [2.24, 2.45) is 17.8 Å². The summed E-state index contributed by atoms with van der Waals surface area (Å²) in [6.45, 7) is 4.57. The number of hydrogen-bond donors (Lipinski definition) is 0. The first-order valence-electron chi connectivity index (χ1n) is 10.4. The number of hydrogen-bond acceptors (Lipinski definition) is 0. The molecule has 3 rings (SSSR count). The van der Waals surface area contributed by atoms with Crippen LogP contribution >= 0.6 is 0 Å². The minimum Gasteiger partial charge on any atom is -0.0654 e. The second-order valence-electron chi connectivity index (χ2n) is 8.30. The molecule has 0 radical (unpaired) electrons. The first-order chi connectivity index (χ1) is 11.3. The number of benzene rings is 1. The van der Waals surface area contributed by atoms with Crippen LogP contribution in [0.1, 0.15) is 95.1 Å². The van der Waals surface area contributed by atoms with Gasteiger partial charge in [-0.25, -0.2) is 0 Å². The first kappa shape index (κ1) is 17.1. The van der Waals surface area contributed by atoms with Crippen molar-refractivity contribution in [2.45, 2.75) is 90.4 Å². The van der Waals surface area contributed by atoms with Crippen molar-refractivity contribution in [3.8, 4) is 0 Å². The van der Waals surface area contributed by atoms with E-state index < -0.39 is 0 Å². The predicted molar refractivity (Wildman–Crippen MR) is 101 cm³/mol. The molecule has 2 aliphatic carbocycles. The van der Waals surface area contributed by atoms with Gasteiger partial charge in [0.15, 0.2) is 0 Å². The molecule has 0 spiro atoms. The van der Waals surface area contributed by atoms with E-state index in [9.17, 15) is 0 Å². The fraction of sp³-hybridized carbons (Fsp3) is 0.739. The Morgan fingerprint density at radius 1 is 0.826 bits per heavy atom. The van der Waals surface area contributed by atoms with E-state index in [1.807, 2.05) is 0 Å². The lowest BCUT2D eigenvalue weighted by Crippen LogP contribution is -2.30.